The van der Waals surface area contributed by atoms with Crippen LogP contribution in [0.2, 0.25) is 0 Å². The van der Waals surface area contributed by atoms with Crippen molar-refractivity contribution in [1.82, 2.24) is 14.8 Å². The quantitative estimate of drug-likeness (QED) is 0.858. The van der Waals surface area contributed by atoms with E-state index < -0.39 is 0 Å². The van der Waals surface area contributed by atoms with Crippen LogP contribution in [0.1, 0.15) is 37.5 Å². The van der Waals surface area contributed by atoms with Gasteiger partial charge in [0.2, 0.25) is 0 Å². The molecule has 0 radical (unpaired) electrons. The Hall–Kier alpha value is -1.36. The molecule has 0 bridgehead atoms. The summed E-state index contributed by atoms with van der Waals surface area (Å²) in [7, 11) is 0. The van der Waals surface area contributed by atoms with E-state index in [0.29, 0.717) is 6.04 Å². The van der Waals surface area contributed by atoms with Crippen LogP contribution in [-0.2, 0) is 0 Å². The maximum absolute atomic E-state index is 6.10. The molecule has 19 heavy (non-hydrogen) atoms. The van der Waals surface area contributed by atoms with Gasteiger partial charge >= 0.3 is 0 Å². The molecule has 2 aromatic rings. The molecule has 3 rings (SSSR count). The smallest absolute Gasteiger partial charge is 0.166 e. The number of anilines is 1. The van der Waals surface area contributed by atoms with E-state index in [1.807, 2.05) is 25.1 Å². The monoisotopic (exact) mass is 320 g/mol. The topological polar surface area (TPSA) is 56.7 Å². The average Bonchev–Trinajstić information content (AvgIpc) is 3.01. The molecule has 1 aliphatic rings. The zero-order valence-electron chi connectivity index (χ0n) is 10.9. The standard InChI is InChI=1S/C14H17BrN4/c1-9-17-18-14(19(9)11-4-2-3-5-11)12-8-10(15)6-7-13(12)16/h6-8,11H,2-5,16H2,1H3. The number of hydrogen-bond donors (Lipinski definition) is 1. The molecule has 0 aliphatic heterocycles. The molecule has 1 saturated carbocycles. The fourth-order valence-corrected chi connectivity index (χ4v) is 3.24. The highest BCUT2D eigenvalue weighted by molar-refractivity contribution is 9.10. The van der Waals surface area contributed by atoms with E-state index in [2.05, 4.69) is 30.7 Å². The van der Waals surface area contributed by atoms with Gasteiger partial charge in [-0.3, -0.25) is 0 Å². The number of hydrogen-bond acceptors (Lipinski definition) is 3. The van der Waals surface area contributed by atoms with Gasteiger partial charge in [-0.15, -0.1) is 10.2 Å². The third-order valence-corrected chi connectivity index (χ3v) is 4.31. The van der Waals surface area contributed by atoms with Gasteiger partial charge in [0.1, 0.15) is 5.82 Å². The molecule has 1 aliphatic carbocycles. The maximum atomic E-state index is 6.10. The zero-order valence-corrected chi connectivity index (χ0v) is 12.5. The number of aryl methyl sites for hydroxylation is 1. The number of nitrogens with zero attached hydrogens (tertiary/aromatic N) is 3. The molecule has 2 N–H and O–H groups in total. The van der Waals surface area contributed by atoms with Crippen LogP contribution in [0.3, 0.4) is 0 Å². The third kappa shape index (κ3) is 2.27. The van der Waals surface area contributed by atoms with Gasteiger partial charge in [0.05, 0.1) is 0 Å². The Labute approximate surface area is 121 Å². The molecule has 4 nitrogen and oxygen atoms in total. The summed E-state index contributed by atoms with van der Waals surface area (Å²) in [6, 6.07) is 6.39. The van der Waals surface area contributed by atoms with E-state index in [0.717, 1.165) is 27.4 Å². The Balaban J connectivity index is 2.12. The van der Waals surface area contributed by atoms with Crippen molar-refractivity contribution in [3.63, 3.8) is 0 Å². The van der Waals surface area contributed by atoms with E-state index in [9.17, 15) is 0 Å². The lowest BCUT2D eigenvalue weighted by Crippen LogP contribution is -2.09. The Kier molecular flexibility index (Phi) is 3.31. The minimum absolute atomic E-state index is 0.517. The summed E-state index contributed by atoms with van der Waals surface area (Å²) in [5.41, 5.74) is 7.80. The molecule has 1 aromatic heterocycles. The molecule has 0 amide bonds. The third-order valence-electron chi connectivity index (χ3n) is 3.81. The second-order valence-corrected chi connectivity index (χ2v) is 6.03. The number of benzene rings is 1. The molecule has 0 atom stereocenters. The van der Waals surface area contributed by atoms with Gasteiger partial charge in [-0.1, -0.05) is 28.8 Å². The van der Waals surface area contributed by atoms with E-state index in [1.165, 1.54) is 25.7 Å². The van der Waals surface area contributed by atoms with Crippen molar-refractivity contribution in [2.75, 3.05) is 5.73 Å². The lowest BCUT2D eigenvalue weighted by Gasteiger charge is -2.16. The van der Waals surface area contributed by atoms with Crippen LogP contribution in [0.4, 0.5) is 5.69 Å². The summed E-state index contributed by atoms with van der Waals surface area (Å²) in [4.78, 5) is 0. The first kappa shape index (κ1) is 12.7. The van der Waals surface area contributed by atoms with Crippen LogP contribution >= 0.6 is 15.9 Å². The second-order valence-electron chi connectivity index (χ2n) is 5.11. The molecular weight excluding hydrogens is 304 g/mol. The van der Waals surface area contributed by atoms with Gasteiger partial charge < -0.3 is 10.3 Å². The predicted octanol–water partition coefficient (Wildman–Crippen LogP) is 3.71. The molecule has 5 heteroatoms. The van der Waals surface area contributed by atoms with Gasteiger partial charge in [-0.2, -0.15) is 0 Å². The first-order valence-electron chi connectivity index (χ1n) is 6.63. The summed E-state index contributed by atoms with van der Waals surface area (Å²) < 4.78 is 3.26. The fourth-order valence-electron chi connectivity index (χ4n) is 2.87. The fraction of sp³-hybridized carbons (Fsp3) is 0.429. The van der Waals surface area contributed by atoms with E-state index >= 15 is 0 Å². The van der Waals surface area contributed by atoms with Gasteiger partial charge in [0.25, 0.3) is 0 Å². The van der Waals surface area contributed by atoms with Gasteiger partial charge in [0.15, 0.2) is 5.82 Å². The number of aromatic nitrogens is 3. The first-order valence-corrected chi connectivity index (χ1v) is 7.43. The molecule has 0 saturated heterocycles. The van der Waals surface area contributed by atoms with Crippen LogP contribution in [0.5, 0.6) is 0 Å². The summed E-state index contributed by atoms with van der Waals surface area (Å²) >= 11 is 3.50. The Bertz CT molecular complexity index is 599. The lowest BCUT2D eigenvalue weighted by molar-refractivity contribution is 0.510. The lowest BCUT2D eigenvalue weighted by atomic mass is 10.1. The Morgan fingerprint density at radius 1 is 1.26 bits per heavy atom. The largest absolute Gasteiger partial charge is 0.398 e. The molecular formula is C14H17BrN4. The molecule has 1 fully saturated rings. The Morgan fingerprint density at radius 3 is 2.74 bits per heavy atom. The average molecular weight is 321 g/mol. The van der Waals surface area contributed by atoms with Crippen molar-refractivity contribution in [1.29, 1.82) is 0 Å². The summed E-state index contributed by atoms with van der Waals surface area (Å²) in [5.74, 6) is 1.87. The van der Waals surface area contributed by atoms with Crippen molar-refractivity contribution in [3.05, 3.63) is 28.5 Å². The molecule has 1 aromatic carbocycles. The maximum Gasteiger partial charge on any atom is 0.166 e. The number of nitrogens with two attached hydrogens (primary N) is 1. The summed E-state index contributed by atoms with van der Waals surface area (Å²) in [6.07, 6.45) is 4.99. The SMILES string of the molecule is Cc1nnc(-c2cc(Br)ccc2N)n1C1CCCC1. The van der Waals surface area contributed by atoms with Crippen molar-refractivity contribution in [2.24, 2.45) is 0 Å². The van der Waals surface area contributed by atoms with Crippen LogP contribution < -0.4 is 5.73 Å². The summed E-state index contributed by atoms with van der Waals surface area (Å²) in [5, 5.41) is 8.60. The van der Waals surface area contributed by atoms with Gasteiger partial charge in [0, 0.05) is 21.8 Å². The van der Waals surface area contributed by atoms with E-state index in [-0.39, 0.29) is 0 Å². The number of nitrogen functional groups attached to an aromatic ring is 1. The predicted molar refractivity (Wildman–Crippen MR) is 79.8 cm³/mol. The normalized spacial score (nSPS) is 16.1. The highest BCUT2D eigenvalue weighted by Gasteiger charge is 2.23. The molecule has 0 unspecified atom stereocenters. The molecule has 1 heterocycles. The van der Waals surface area contributed by atoms with Crippen LogP contribution in [0.15, 0.2) is 22.7 Å². The second kappa shape index (κ2) is 4.96. The molecule has 0 spiro atoms. The van der Waals surface area contributed by atoms with Gasteiger partial charge in [-0.05, 0) is 38.0 Å². The molecule has 100 valence electrons. The van der Waals surface area contributed by atoms with Crippen molar-refractivity contribution < 1.29 is 0 Å². The van der Waals surface area contributed by atoms with Crippen LogP contribution in [0.25, 0.3) is 11.4 Å². The van der Waals surface area contributed by atoms with Crippen LogP contribution in [-0.4, -0.2) is 14.8 Å². The summed E-state index contributed by atoms with van der Waals surface area (Å²) in [6.45, 7) is 2.02. The van der Waals surface area contributed by atoms with Gasteiger partial charge in [-0.25, -0.2) is 0 Å². The highest BCUT2D eigenvalue weighted by atomic mass is 79.9. The number of halogens is 1. The number of rotatable bonds is 2. The first-order chi connectivity index (χ1) is 9.16. The van der Waals surface area contributed by atoms with Crippen molar-refractivity contribution in [3.8, 4) is 11.4 Å². The zero-order chi connectivity index (χ0) is 13.4. The minimum Gasteiger partial charge on any atom is -0.398 e. The van der Waals surface area contributed by atoms with Crippen molar-refractivity contribution >= 4 is 21.6 Å². The minimum atomic E-state index is 0.517. The Morgan fingerprint density at radius 2 is 2.00 bits per heavy atom. The van der Waals surface area contributed by atoms with Crippen LogP contribution in [0, 0.1) is 6.92 Å². The van der Waals surface area contributed by atoms with E-state index in [4.69, 9.17) is 5.73 Å². The van der Waals surface area contributed by atoms with Crippen molar-refractivity contribution in [2.45, 2.75) is 38.6 Å². The highest BCUT2D eigenvalue weighted by Crippen LogP contribution is 2.36. The van der Waals surface area contributed by atoms with E-state index in [1.54, 1.807) is 0 Å².